The van der Waals surface area contributed by atoms with Crippen LogP contribution in [0, 0.1) is 6.92 Å². The van der Waals surface area contributed by atoms with Gasteiger partial charge in [-0.2, -0.15) is 4.98 Å². The molecule has 0 saturated carbocycles. The van der Waals surface area contributed by atoms with Gasteiger partial charge in [-0.25, -0.2) is 9.97 Å². The van der Waals surface area contributed by atoms with Crippen LogP contribution in [0.4, 0.5) is 5.13 Å². The van der Waals surface area contributed by atoms with Crippen molar-refractivity contribution >= 4 is 54.7 Å². The van der Waals surface area contributed by atoms with Crippen LogP contribution in [0.1, 0.15) is 12.5 Å². The summed E-state index contributed by atoms with van der Waals surface area (Å²) in [7, 11) is 0. The average molecular weight is 390 g/mol. The van der Waals surface area contributed by atoms with Crippen molar-refractivity contribution in [1.29, 1.82) is 0 Å². The van der Waals surface area contributed by atoms with Crippen LogP contribution in [-0.4, -0.2) is 20.9 Å². The van der Waals surface area contributed by atoms with Gasteiger partial charge in [0.05, 0.1) is 4.70 Å². The molecule has 0 atom stereocenters. The first-order valence-electron chi connectivity index (χ1n) is 8.57. The summed E-state index contributed by atoms with van der Waals surface area (Å²) in [5, 5.41) is 4.14. The molecule has 2 aromatic carbocycles. The number of aryl methyl sites for hydroxylation is 1. The standard InChI is InChI=1S/C20H14N4O3S/c1-10-6-7-12-14(8-10)26-18-16(12)21-9-22-19(18)27-13-4-3-5-15-17(13)24-20(28-15)23-11(2)25/h3-9H,1-2H3,(H,23,24,25). The minimum atomic E-state index is -0.170. The third-order valence-electron chi connectivity index (χ3n) is 4.25. The Morgan fingerprint density at radius 2 is 2.07 bits per heavy atom. The molecule has 3 heterocycles. The normalized spacial score (nSPS) is 11.4. The van der Waals surface area contributed by atoms with E-state index < -0.39 is 0 Å². The summed E-state index contributed by atoms with van der Waals surface area (Å²) < 4.78 is 12.9. The molecule has 3 aromatic heterocycles. The van der Waals surface area contributed by atoms with Gasteiger partial charge in [-0.3, -0.25) is 4.79 Å². The molecule has 0 aliphatic carbocycles. The van der Waals surface area contributed by atoms with E-state index in [1.165, 1.54) is 24.6 Å². The Bertz CT molecular complexity index is 1370. The van der Waals surface area contributed by atoms with Crippen molar-refractivity contribution in [3.05, 3.63) is 48.3 Å². The lowest BCUT2D eigenvalue weighted by Gasteiger charge is -2.05. The number of furan rings is 1. The minimum Gasteiger partial charge on any atom is -0.449 e. The van der Waals surface area contributed by atoms with Gasteiger partial charge in [0.2, 0.25) is 11.5 Å². The van der Waals surface area contributed by atoms with E-state index in [1.54, 1.807) is 6.07 Å². The molecule has 138 valence electrons. The van der Waals surface area contributed by atoms with Crippen LogP contribution >= 0.6 is 11.3 Å². The predicted octanol–water partition coefficient (Wildman–Crippen LogP) is 5.04. The molecular formula is C20H14N4O3S. The van der Waals surface area contributed by atoms with Gasteiger partial charge >= 0.3 is 0 Å². The number of carbonyl (C=O) groups is 1. The van der Waals surface area contributed by atoms with E-state index in [0.717, 1.165) is 21.2 Å². The Morgan fingerprint density at radius 1 is 1.18 bits per heavy atom. The molecule has 0 bridgehead atoms. The van der Waals surface area contributed by atoms with Crippen molar-refractivity contribution in [1.82, 2.24) is 15.0 Å². The number of fused-ring (bicyclic) bond motifs is 4. The molecule has 0 spiro atoms. The first-order chi connectivity index (χ1) is 13.6. The zero-order valence-electron chi connectivity index (χ0n) is 15.0. The first-order valence-corrected chi connectivity index (χ1v) is 9.39. The van der Waals surface area contributed by atoms with E-state index in [9.17, 15) is 4.79 Å². The number of benzene rings is 2. The van der Waals surface area contributed by atoms with Crippen molar-refractivity contribution in [2.75, 3.05) is 5.32 Å². The van der Waals surface area contributed by atoms with Crippen LogP contribution in [0.5, 0.6) is 11.6 Å². The highest BCUT2D eigenvalue weighted by molar-refractivity contribution is 7.22. The van der Waals surface area contributed by atoms with Gasteiger partial charge in [0.25, 0.3) is 5.88 Å². The Balaban J connectivity index is 1.63. The number of aromatic nitrogens is 3. The molecule has 0 unspecified atom stereocenters. The fraction of sp³-hybridized carbons (Fsp3) is 0.100. The second kappa shape index (κ2) is 6.28. The Hall–Kier alpha value is -3.52. The fourth-order valence-electron chi connectivity index (χ4n) is 3.05. The summed E-state index contributed by atoms with van der Waals surface area (Å²) >= 11 is 1.38. The number of anilines is 1. The summed E-state index contributed by atoms with van der Waals surface area (Å²) in [5.74, 6) is 0.680. The van der Waals surface area contributed by atoms with Crippen molar-refractivity contribution in [2.24, 2.45) is 0 Å². The maximum Gasteiger partial charge on any atom is 0.267 e. The summed E-state index contributed by atoms with van der Waals surface area (Å²) in [6.07, 6.45) is 1.45. The maximum atomic E-state index is 11.3. The fourth-order valence-corrected chi connectivity index (χ4v) is 3.98. The molecule has 5 aromatic rings. The second-order valence-electron chi connectivity index (χ2n) is 6.36. The van der Waals surface area contributed by atoms with Gasteiger partial charge in [0, 0.05) is 12.3 Å². The number of nitrogens with one attached hydrogen (secondary N) is 1. The van der Waals surface area contributed by atoms with E-state index in [-0.39, 0.29) is 5.91 Å². The number of rotatable bonds is 3. The lowest BCUT2D eigenvalue weighted by Crippen LogP contribution is -2.04. The number of nitrogens with zero attached hydrogens (tertiary/aromatic N) is 3. The average Bonchev–Trinajstić information content (AvgIpc) is 3.22. The summed E-state index contributed by atoms with van der Waals surface area (Å²) in [6.45, 7) is 3.45. The third kappa shape index (κ3) is 2.74. The highest BCUT2D eigenvalue weighted by Gasteiger charge is 2.17. The molecule has 1 amide bonds. The van der Waals surface area contributed by atoms with Crippen LogP contribution in [0.25, 0.3) is 32.3 Å². The van der Waals surface area contributed by atoms with Crippen molar-refractivity contribution in [3.8, 4) is 11.6 Å². The van der Waals surface area contributed by atoms with E-state index in [2.05, 4.69) is 20.3 Å². The van der Waals surface area contributed by atoms with Gasteiger partial charge in [0.15, 0.2) is 10.9 Å². The quantitative estimate of drug-likeness (QED) is 0.464. The zero-order chi connectivity index (χ0) is 19.3. The van der Waals surface area contributed by atoms with Gasteiger partial charge < -0.3 is 14.5 Å². The second-order valence-corrected chi connectivity index (χ2v) is 7.39. The molecule has 0 aliphatic rings. The molecule has 0 radical (unpaired) electrons. The van der Waals surface area contributed by atoms with E-state index >= 15 is 0 Å². The Labute approximate surface area is 163 Å². The van der Waals surface area contributed by atoms with Crippen molar-refractivity contribution in [3.63, 3.8) is 0 Å². The van der Waals surface area contributed by atoms with Crippen molar-refractivity contribution in [2.45, 2.75) is 13.8 Å². The Kier molecular flexibility index (Phi) is 3.73. The highest BCUT2D eigenvalue weighted by atomic mass is 32.1. The first kappa shape index (κ1) is 16.6. The molecule has 28 heavy (non-hydrogen) atoms. The third-order valence-corrected chi connectivity index (χ3v) is 5.18. The smallest absolute Gasteiger partial charge is 0.267 e. The SMILES string of the molecule is CC(=O)Nc1nc2c(Oc3ncnc4c3oc3cc(C)ccc34)cccc2s1. The number of amides is 1. The van der Waals surface area contributed by atoms with Gasteiger partial charge in [-0.1, -0.05) is 23.5 Å². The highest BCUT2D eigenvalue weighted by Crippen LogP contribution is 2.38. The van der Waals surface area contributed by atoms with E-state index in [1.807, 2.05) is 37.3 Å². The zero-order valence-corrected chi connectivity index (χ0v) is 15.8. The maximum absolute atomic E-state index is 11.3. The number of para-hydroxylation sites is 1. The van der Waals surface area contributed by atoms with E-state index in [4.69, 9.17) is 9.15 Å². The molecule has 0 saturated heterocycles. The number of carbonyl (C=O) groups excluding carboxylic acids is 1. The number of ether oxygens (including phenoxy) is 1. The molecular weight excluding hydrogens is 376 g/mol. The van der Waals surface area contributed by atoms with Crippen LogP contribution in [0.15, 0.2) is 47.1 Å². The van der Waals surface area contributed by atoms with Gasteiger partial charge in [0.1, 0.15) is 22.9 Å². The molecule has 7 nitrogen and oxygen atoms in total. The van der Waals surface area contributed by atoms with Gasteiger partial charge in [-0.05, 0) is 36.8 Å². The van der Waals surface area contributed by atoms with Crippen molar-refractivity contribution < 1.29 is 13.9 Å². The lowest BCUT2D eigenvalue weighted by atomic mass is 10.2. The monoisotopic (exact) mass is 390 g/mol. The topological polar surface area (TPSA) is 90.1 Å². The van der Waals surface area contributed by atoms with Gasteiger partial charge in [-0.15, -0.1) is 0 Å². The summed E-state index contributed by atoms with van der Waals surface area (Å²) in [4.78, 5) is 24.4. The van der Waals surface area contributed by atoms with Crippen LogP contribution in [-0.2, 0) is 4.79 Å². The number of hydrogen-bond acceptors (Lipinski definition) is 7. The van der Waals surface area contributed by atoms with E-state index in [0.29, 0.717) is 33.4 Å². The van der Waals surface area contributed by atoms with Crippen LogP contribution in [0.2, 0.25) is 0 Å². The largest absolute Gasteiger partial charge is 0.449 e. The molecule has 8 heteroatoms. The van der Waals surface area contributed by atoms with Crippen LogP contribution < -0.4 is 10.1 Å². The number of hydrogen-bond donors (Lipinski definition) is 1. The minimum absolute atomic E-state index is 0.170. The summed E-state index contributed by atoms with van der Waals surface area (Å²) in [6, 6.07) is 11.5. The molecule has 0 aliphatic heterocycles. The predicted molar refractivity (Wildman–Crippen MR) is 108 cm³/mol. The lowest BCUT2D eigenvalue weighted by molar-refractivity contribution is -0.114. The molecule has 0 fully saturated rings. The molecule has 5 rings (SSSR count). The summed E-state index contributed by atoms with van der Waals surface area (Å²) in [5.41, 5.74) is 3.66. The number of thiazole rings is 1. The Morgan fingerprint density at radius 3 is 2.93 bits per heavy atom. The molecule has 1 N–H and O–H groups in total. The van der Waals surface area contributed by atoms with Crippen LogP contribution in [0.3, 0.4) is 0 Å².